The first-order valence-electron chi connectivity index (χ1n) is 7.99. The monoisotopic (exact) mass is 413 g/mol. The van der Waals surface area contributed by atoms with Crippen LogP contribution in [0.4, 0.5) is 17.6 Å². The van der Waals surface area contributed by atoms with Crippen molar-refractivity contribution in [3.8, 4) is 23.1 Å². The Morgan fingerprint density at radius 2 is 2.04 bits per heavy atom. The molecule has 1 amide bonds. The Balaban J connectivity index is 2.00. The number of hydrogen-bond donors (Lipinski definition) is 0. The molecule has 0 spiro atoms. The Morgan fingerprint density at radius 1 is 1.32 bits per heavy atom. The van der Waals surface area contributed by atoms with E-state index in [0.29, 0.717) is 5.56 Å². The SMILES string of the molecule is N#Cc1ccc(-c2cc(Cl)nc(OCC(F)F)c2)c(C(=O)N2CC(F)(F)C2)c1. The highest BCUT2D eigenvalue weighted by Crippen LogP contribution is 2.33. The van der Waals surface area contributed by atoms with Crippen molar-refractivity contribution in [2.45, 2.75) is 12.3 Å². The zero-order valence-electron chi connectivity index (χ0n) is 14.1. The van der Waals surface area contributed by atoms with Gasteiger partial charge in [0.2, 0.25) is 5.88 Å². The summed E-state index contributed by atoms with van der Waals surface area (Å²) in [5.74, 6) is -3.80. The van der Waals surface area contributed by atoms with Crippen molar-refractivity contribution in [1.82, 2.24) is 9.88 Å². The first kappa shape index (κ1) is 19.9. The number of alkyl halides is 4. The molecule has 0 radical (unpaired) electrons. The van der Waals surface area contributed by atoms with Gasteiger partial charge in [0.25, 0.3) is 18.3 Å². The third-order valence-corrected chi connectivity index (χ3v) is 4.14. The van der Waals surface area contributed by atoms with Gasteiger partial charge in [-0.15, -0.1) is 0 Å². The molecule has 1 aliphatic rings. The van der Waals surface area contributed by atoms with E-state index >= 15 is 0 Å². The lowest BCUT2D eigenvalue weighted by molar-refractivity contribution is -0.113. The Hall–Kier alpha value is -2.86. The lowest BCUT2D eigenvalue weighted by Crippen LogP contribution is -2.58. The van der Waals surface area contributed by atoms with E-state index in [4.69, 9.17) is 21.6 Å². The molecule has 28 heavy (non-hydrogen) atoms. The van der Waals surface area contributed by atoms with E-state index in [0.717, 1.165) is 4.90 Å². The number of aromatic nitrogens is 1. The van der Waals surface area contributed by atoms with Crippen LogP contribution in [-0.2, 0) is 0 Å². The minimum absolute atomic E-state index is 0.0108. The number of likely N-dealkylation sites (tertiary alicyclic amines) is 1. The summed E-state index contributed by atoms with van der Waals surface area (Å²) < 4.78 is 55.9. The van der Waals surface area contributed by atoms with Gasteiger partial charge in [0.05, 0.1) is 24.7 Å². The van der Waals surface area contributed by atoms with Crippen molar-refractivity contribution >= 4 is 17.5 Å². The standard InChI is InChI=1S/C18H12ClF4N3O2/c19-14-4-11(5-16(25-14)28-7-15(20)21)12-2-1-10(6-24)3-13(12)17(27)26-8-18(22,23)9-26/h1-5,15H,7-9H2. The Bertz CT molecular complexity index is 954. The summed E-state index contributed by atoms with van der Waals surface area (Å²) in [4.78, 5) is 17.4. The average Bonchev–Trinajstić information content (AvgIpc) is 2.62. The van der Waals surface area contributed by atoms with E-state index in [1.54, 1.807) is 0 Å². The number of amides is 1. The molecule has 1 aromatic heterocycles. The number of benzene rings is 1. The minimum Gasteiger partial charge on any atom is -0.472 e. The van der Waals surface area contributed by atoms with E-state index in [9.17, 15) is 22.4 Å². The van der Waals surface area contributed by atoms with Crippen LogP contribution in [0.15, 0.2) is 30.3 Å². The molecule has 5 nitrogen and oxygen atoms in total. The fourth-order valence-electron chi connectivity index (χ4n) is 2.72. The first-order chi connectivity index (χ1) is 13.2. The van der Waals surface area contributed by atoms with Crippen LogP contribution in [-0.4, -0.2) is 47.8 Å². The van der Waals surface area contributed by atoms with E-state index < -0.39 is 38.0 Å². The van der Waals surface area contributed by atoms with Crippen LogP contribution >= 0.6 is 11.6 Å². The van der Waals surface area contributed by atoms with Crippen LogP contribution in [0.3, 0.4) is 0 Å². The van der Waals surface area contributed by atoms with Gasteiger partial charge in [-0.05, 0) is 29.3 Å². The average molecular weight is 414 g/mol. The molecule has 2 heterocycles. The Morgan fingerprint density at radius 3 is 2.64 bits per heavy atom. The molecule has 1 aliphatic heterocycles. The maximum atomic E-state index is 13.1. The van der Waals surface area contributed by atoms with Gasteiger partial charge in [-0.2, -0.15) is 5.26 Å². The second kappa shape index (κ2) is 7.64. The second-order valence-corrected chi connectivity index (χ2v) is 6.50. The van der Waals surface area contributed by atoms with Crippen molar-refractivity contribution < 1.29 is 27.1 Å². The number of rotatable bonds is 5. The van der Waals surface area contributed by atoms with Gasteiger partial charge >= 0.3 is 0 Å². The smallest absolute Gasteiger partial charge is 0.282 e. The van der Waals surface area contributed by atoms with Gasteiger partial charge in [-0.3, -0.25) is 4.79 Å². The summed E-state index contributed by atoms with van der Waals surface area (Å²) in [6.45, 7) is -2.33. The third-order valence-electron chi connectivity index (χ3n) is 3.95. The molecule has 1 saturated heterocycles. The summed E-state index contributed by atoms with van der Waals surface area (Å²) in [6.07, 6.45) is -2.72. The van der Waals surface area contributed by atoms with Crippen LogP contribution in [0.5, 0.6) is 5.88 Å². The number of ether oxygens (including phenoxy) is 1. The number of nitriles is 1. The molecule has 0 N–H and O–H groups in total. The molecule has 2 aromatic rings. The summed E-state index contributed by atoms with van der Waals surface area (Å²) in [5.41, 5.74) is 0.764. The van der Waals surface area contributed by atoms with Gasteiger partial charge in [0.1, 0.15) is 5.15 Å². The van der Waals surface area contributed by atoms with E-state index in [-0.39, 0.29) is 27.7 Å². The first-order valence-corrected chi connectivity index (χ1v) is 8.36. The maximum absolute atomic E-state index is 13.1. The van der Waals surface area contributed by atoms with Crippen LogP contribution in [0.1, 0.15) is 15.9 Å². The van der Waals surface area contributed by atoms with Crippen LogP contribution in [0, 0.1) is 11.3 Å². The van der Waals surface area contributed by atoms with Gasteiger partial charge in [-0.1, -0.05) is 17.7 Å². The summed E-state index contributed by atoms with van der Waals surface area (Å²) in [6, 6.07) is 8.73. The lowest BCUT2D eigenvalue weighted by atomic mass is 9.96. The molecular formula is C18H12ClF4N3O2. The minimum atomic E-state index is -2.95. The van der Waals surface area contributed by atoms with E-state index in [1.165, 1.54) is 30.3 Å². The summed E-state index contributed by atoms with van der Waals surface area (Å²) in [7, 11) is 0. The number of nitrogens with zero attached hydrogens (tertiary/aromatic N) is 3. The van der Waals surface area contributed by atoms with E-state index in [2.05, 4.69) is 4.98 Å². The zero-order chi connectivity index (χ0) is 20.5. The molecule has 0 aliphatic carbocycles. The largest absolute Gasteiger partial charge is 0.472 e. The third kappa shape index (κ3) is 4.34. The van der Waals surface area contributed by atoms with Gasteiger partial charge < -0.3 is 9.64 Å². The number of halogens is 5. The summed E-state index contributed by atoms with van der Waals surface area (Å²) in [5, 5.41) is 9.02. The van der Waals surface area contributed by atoms with Gasteiger partial charge in [-0.25, -0.2) is 22.5 Å². The summed E-state index contributed by atoms with van der Waals surface area (Å²) >= 11 is 5.92. The van der Waals surface area contributed by atoms with Crippen LogP contribution in [0.2, 0.25) is 5.15 Å². The molecule has 0 bridgehead atoms. The second-order valence-electron chi connectivity index (χ2n) is 6.11. The number of pyridine rings is 1. The van der Waals surface area contributed by atoms with Crippen molar-refractivity contribution in [1.29, 1.82) is 5.26 Å². The fraction of sp³-hybridized carbons (Fsp3) is 0.278. The molecule has 146 valence electrons. The highest BCUT2D eigenvalue weighted by Gasteiger charge is 2.46. The predicted octanol–water partition coefficient (Wildman–Crippen LogP) is 4.01. The molecule has 1 aromatic carbocycles. The van der Waals surface area contributed by atoms with E-state index in [1.807, 2.05) is 6.07 Å². The number of carbonyl (C=O) groups excluding carboxylic acids is 1. The van der Waals surface area contributed by atoms with Crippen molar-refractivity contribution in [2.75, 3.05) is 19.7 Å². The van der Waals surface area contributed by atoms with Gasteiger partial charge in [0.15, 0.2) is 6.61 Å². The highest BCUT2D eigenvalue weighted by molar-refractivity contribution is 6.29. The molecule has 1 fully saturated rings. The predicted molar refractivity (Wildman–Crippen MR) is 91.7 cm³/mol. The quantitative estimate of drug-likeness (QED) is 0.549. The van der Waals surface area contributed by atoms with Crippen LogP contribution < -0.4 is 4.74 Å². The topological polar surface area (TPSA) is 66.2 Å². The van der Waals surface area contributed by atoms with Crippen molar-refractivity contribution in [3.63, 3.8) is 0 Å². The Labute approximate surface area is 162 Å². The van der Waals surface area contributed by atoms with Crippen molar-refractivity contribution in [2.24, 2.45) is 0 Å². The van der Waals surface area contributed by atoms with Crippen LogP contribution in [0.25, 0.3) is 11.1 Å². The number of carbonyl (C=O) groups is 1. The molecular weight excluding hydrogens is 402 g/mol. The molecule has 0 atom stereocenters. The Kier molecular flexibility index (Phi) is 5.42. The number of hydrogen-bond acceptors (Lipinski definition) is 4. The zero-order valence-corrected chi connectivity index (χ0v) is 14.9. The molecule has 0 unspecified atom stereocenters. The lowest BCUT2D eigenvalue weighted by Gasteiger charge is -2.39. The molecule has 10 heteroatoms. The fourth-order valence-corrected chi connectivity index (χ4v) is 2.92. The normalized spacial score (nSPS) is 15.1. The molecule has 0 saturated carbocycles. The van der Waals surface area contributed by atoms with Gasteiger partial charge in [0, 0.05) is 11.6 Å². The van der Waals surface area contributed by atoms with Crippen molar-refractivity contribution in [3.05, 3.63) is 46.6 Å². The maximum Gasteiger partial charge on any atom is 0.282 e. The highest BCUT2D eigenvalue weighted by atomic mass is 35.5. The molecule has 3 rings (SSSR count).